The molecule has 6 heteroatoms. The largest absolute Gasteiger partial charge is 0.340 e. The van der Waals surface area contributed by atoms with Crippen LogP contribution >= 0.6 is 0 Å². The standard InChI is InChI=1S/C12H15FN4O/c1-2-10(11-4-3-9(13)7-15-11)14-6-5-12-16-8-17-18-12/h3-4,7-8,10,14H,2,5-6H2,1H3. The Balaban J connectivity index is 1.87. The quantitative estimate of drug-likeness (QED) is 0.848. The fourth-order valence-electron chi connectivity index (χ4n) is 1.71. The first kappa shape index (κ1) is 12.6. The molecule has 1 N–H and O–H groups in total. The van der Waals surface area contributed by atoms with E-state index in [4.69, 9.17) is 4.52 Å². The summed E-state index contributed by atoms with van der Waals surface area (Å²) in [4.78, 5) is 8.02. The lowest BCUT2D eigenvalue weighted by Gasteiger charge is -2.15. The Morgan fingerprint density at radius 2 is 2.28 bits per heavy atom. The van der Waals surface area contributed by atoms with E-state index in [1.807, 2.05) is 0 Å². The first-order valence-electron chi connectivity index (χ1n) is 5.90. The summed E-state index contributed by atoms with van der Waals surface area (Å²) >= 11 is 0. The summed E-state index contributed by atoms with van der Waals surface area (Å²) in [6, 6.07) is 3.22. The minimum atomic E-state index is -0.320. The van der Waals surface area contributed by atoms with Crippen LogP contribution in [0.2, 0.25) is 0 Å². The van der Waals surface area contributed by atoms with Crippen molar-refractivity contribution >= 4 is 0 Å². The number of nitrogens with one attached hydrogen (secondary N) is 1. The van der Waals surface area contributed by atoms with Crippen molar-refractivity contribution in [1.29, 1.82) is 0 Å². The minimum Gasteiger partial charge on any atom is -0.340 e. The molecule has 0 amide bonds. The fraction of sp³-hybridized carbons (Fsp3) is 0.417. The van der Waals surface area contributed by atoms with Gasteiger partial charge in [-0.25, -0.2) is 4.39 Å². The predicted octanol–water partition coefficient (Wildman–Crippen LogP) is 1.89. The van der Waals surface area contributed by atoms with Crippen molar-refractivity contribution in [3.8, 4) is 0 Å². The zero-order valence-electron chi connectivity index (χ0n) is 10.1. The molecular formula is C12H15FN4O. The third-order valence-electron chi connectivity index (χ3n) is 2.65. The highest BCUT2D eigenvalue weighted by molar-refractivity contribution is 5.09. The molecule has 5 nitrogen and oxygen atoms in total. The SMILES string of the molecule is CCC(NCCc1ncno1)c1ccc(F)cn1. The Hall–Kier alpha value is -1.82. The molecule has 0 fully saturated rings. The maximum absolute atomic E-state index is 12.8. The van der Waals surface area contributed by atoms with E-state index >= 15 is 0 Å². The Morgan fingerprint density at radius 1 is 1.39 bits per heavy atom. The van der Waals surface area contributed by atoms with Crippen LogP contribution in [0.15, 0.2) is 29.2 Å². The number of rotatable bonds is 6. The van der Waals surface area contributed by atoms with Crippen LogP contribution < -0.4 is 5.32 Å². The first-order chi connectivity index (χ1) is 8.79. The maximum atomic E-state index is 12.8. The summed E-state index contributed by atoms with van der Waals surface area (Å²) in [6.07, 6.45) is 4.16. The van der Waals surface area contributed by atoms with E-state index in [1.165, 1.54) is 18.6 Å². The Kier molecular flexibility index (Phi) is 4.35. The average molecular weight is 250 g/mol. The van der Waals surface area contributed by atoms with Crippen LogP contribution in [-0.2, 0) is 6.42 Å². The van der Waals surface area contributed by atoms with E-state index in [2.05, 4.69) is 27.4 Å². The fourth-order valence-corrected chi connectivity index (χ4v) is 1.71. The van der Waals surface area contributed by atoms with Gasteiger partial charge in [-0.05, 0) is 18.6 Å². The van der Waals surface area contributed by atoms with Gasteiger partial charge in [0.2, 0.25) is 5.89 Å². The average Bonchev–Trinajstić information content (AvgIpc) is 2.89. The number of halogens is 1. The molecule has 0 saturated carbocycles. The molecule has 18 heavy (non-hydrogen) atoms. The van der Waals surface area contributed by atoms with E-state index < -0.39 is 0 Å². The van der Waals surface area contributed by atoms with Crippen molar-refractivity contribution in [2.24, 2.45) is 0 Å². The molecule has 0 saturated heterocycles. The van der Waals surface area contributed by atoms with Crippen LogP contribution in [0.3, 0.4) is 0 Å². The molecule has 0 aliphatic rings. The number of aromatic nitrogens is 3. The zero-order chi connectivity index (χ0) is 12.8. The van der Waals surface area contributed by atoms with E-state index in [-0.39, 0.29) is 11.9 Å². The van der Waals surface area contributed by atoms with Gasteiger partial charge in [-0.1, -0.05) is 12.1 Å². The second-order valence-corrected chi connectivity index (χ2v) is 3.90. The molecule has 0 aromatic carbocycles. The van der Waals surface area contributed by atoms with Crippen LogP contribution in [0.1, 0.15) is 31.0 Å². The summed E-state index contributed by atoms with van der Waals surface area (Å²) in [5.74, 6) is 0.281. The van der Waals surface area contributed by atoms with E-state index in [1.54, 1.807) is 6.07 Å². The third kappa shape index (κ3) is 3.33. The van der Waals surface area contributed by atoms with Gasteiger partial charge in [0.1, 0.15) is 5.82 Å². The topological polar surface area (TPSA) is 63.8 Å². The normalized spacial score (nSPS) is 12.6. The van der Waals surface area contributed by atoms with Gasteiger partial charge in [0.25, 0.3) is 0 Å². The molecule has 2 rings (SSSR count). The molecule has 0 spiro atoms. The van der Waals surface area contributed by atoms with Gasteiger partial charge < -0.3 is 9.84 Å². The Labute approximate surface area is 104 Å². The van der Waals surface area contributed by atoms with Crippen LogP contribution in [0.5, 0.6) is 0 Å². The van der Waals surface area contributed by atoms with Gasteiger partial charge in [0, 0.05) is 19.0 Å². The van der Waals surface area contributed by atoms with Crippen LogP contribution in [0.25, 0.3) is 0 Å². The number of pyridine rings is 1. The van der Waals surface area contributed by atoms with Crippen molar-refractivity contribution in [2.45, 2.75) is 25.8 Å². The van der Waals surface area contributed by atoms with Crippen molar-refractivity contribution in [1.82, 2.24) is 20.4 Å². The number of hydrogen-bond acceptors (Lipinski definition) is 5. The summed E-state index contributed by atoms with van der Waals surface area (Å²) in [5.41, 5.74) is 0.837. The van der Waals surface area contributed by atoms with Gasteiger partial charge in [-0.3, -0.25) is 4.98 Å². The van der Waals surface area contributed by atoms with E-state index in [0.29, 0.717) is 18.9 Å². The highest BCUT2D eigenvalue weighted by atomic mass is 19.1. The van der Waals surface area contributed by atoms with Gasteiger partial charge in [-0.2, -0.15) is 4.98 Å². The van der Waals surface area contributed by atoms with Gasteiger partial charge in [0.05, 0.1) is 11.9 Å². The molecule has 0 aliphatic heterocycles. The van der Waals surface area contributed by atoms with Crippen molar-refractivity contribution < 1.29 is 8.91 Å². The van der Waals surface area contributed by atoms with Crippen LogP contribution in [-0.4, -0.2) is 21.7 Å². The zero-order valence-corrected chi connectivity index (χ0v) is 10.1. The molecule has 2 aromatic heterocycles. The lowest BCUT2D eigenvalue weighted by Crippen LogP contribution is -2.24. The molecule has 2 aromatic rings. The maximum Gasteiger partial charge on any atom is 0.227 e. The van der Waals surface area contributed by atoms with Crippen LogP contribution in [0, 0.1) is 5.82 Å². The van der Waals surface area contributed by atoms with Crippen molar-refractivity contribution in [3.05, 3.63) is 42.1 Å². The van der Waals surface area contributed by atoms with E-state index in [9.17, 15) is 4.39 Å². The van der Waals surface area contributed by atoms with Crippen molar-refractivity contribution in [3.63, 3.8) is 0 Å². The summed E-state index contributed by atoms with van der Waals surface area (Å²) in [7, 11) is 0. The van der Waals surface area contributed by atoms with Gasteiger partial charge in [-0.15, -0.1) is 0 Å². The Bertz CT molecular complexity index is 457. The molecule has 0 bridgehead atoms. The highest BCUT2D eigenvalue weighted by Gasteiger charge is 2.10. The van der Waals surface area contributed by atoms with Gasteiger partial charge in [0.15, 0.2) is 6.33 Å². The summed E-state index contributed by atoms with van der Waals surface area (Å²) in [6.45, 7) is 2.76. The summed E-state index contributed by atoms with van der Waals surface area (Å²) in [5, 5.41) is 6.87. The second kappa shape index (κ2) is 6.20. The second-order valence-electron chi connectivity index (χ2n) is 3.90. The lowest BCUT2D eigenvalue weighted by molar-refractivity contribution is 0.370. The molecule has 2 heterocycles. The lowest BCUT2D eigenvalue weighted by atomic mass is 10.1. The van der Waals surface area contributed by atoms with E-state index in [0.717, 1.165) is 12.1 Å². The molecule has 96 valence electrons. The third-order valence-corrected chi connectivity index (χ3v) is 2.65. The summed E-state index contributed by atoms with van der Waals surface area (Å²) < 4.78 is 17.7. The van der Waals surface area contributed by atoms with Crippen LogP contribution in [0.4, 0.5) is 4.39 Å². The number of hydrogen-bond donors (Lipinski definition) is 1. The Morgan fingerprint density at radius 3 is 2.89 bits per heavy atom. The molecule has 0 aliphatic carbocycles. The van der Waals surface area contributed by atoms with Crippen molar-refractivity contribution in [2.75, 3.05) is 6.54 Å². The smallest absolute Gasteiger partial charge is 0.227 e. The van der Waals surface area contributed by atoms with Gasteiger partial charge >= 0.3 is 0 Å². The number of nitrogens with zero attached hydrogens (tertiary/aromatic N) is 3. The molecule has 1 unspecified atom stereocenters. The minimum absolute atomic E-state index is 0.105. The first-order valence-corrected chi connectivity index (χ1v) is 5.90. The predicted molar refractivity (Wildman–Crippen MR) is 63.2 cm³/mol. The molecular weight excluding hydrogens is 235 g/mol. The molecule has 0 radical (unpaired) electrons. The molecule has 1 atom stereocenters. The monoisotopic (exact) mass is 250 g/mol. The highest BCUT2D eigenvalue weighted by Crippen LogP contribution is 2.13.